The number of nitriles is 1. The molecule has 7 nitrogen and oxygen atoms in total. The maximum absolute atomic E-state index is 12.5. The number of aromatic hydroxyl groups is 1. The van der Waals surface area contributed by atoms with Gasteiger partial charge in [-0.1, -0.05) is 12.1 Å². The van der Waals surface area contributed by atoms with Gasteiger partial charge in [-0.3, -0.25) is 9.59 Å². The summed E-state index contributed by atoms with van der Waals surface area (Å²) in [6.07, 6.45) is 1.71. The minimum Gasteiger partial charge on any atom is -0.507 e. The molecule has 0 bridgehead atoms. The summed E-state index contributed by atoms with van der Waals surface area (Å²) >= 11 is 0. The summed E-state index contributed by atoms with van der Waals surface area (Å²) in [6.45, 7) is 1.56. The van der Waals surface area contributed by atoms with E-state index >= 15 is 0 Å². The largest absolute Gasteiger partial charge is 0.507 e. The van der Waals surface area contributed by atoms with Gasteiger partial charge in [0.05, 0.1) is 29.0 Å². The molecule has 1 N–H and O–H groups in total. The maximum Gasteiger partial charge on any atom is 0.287 e. The van der Waals surface area contributed by atoms with Crippen LogP contribution in [0.25, 0.3) is 0 Å². The van der Waals surface area contributed by atoms with Crippen LogP contribution in [0.2, 0.25) is 0 Å². The van der Waals surface area contributed by atoms with Crippen LogP contribution in [0.5, 0.6) is 11.5 Å². The molecule has 0 unspecified atom stereocenters. The van der Waals surface area contributed by atoms with E-state index < -0.39 is 17.8 Å². The topological polar surface area (TPSA) is 105 Å². The number of hydrogen-bond acceptors (Lipinski definition) is 6. The molecule has 0 fully saturated rings. The molecule has 3 rings (SSSR count). The Balaban J connectivity index is 1.73. The SMILES string of the molecule is C[C@@H](Oc1ccc(C#N)cc1)C(=O)n1cc(C(=O)c2ccccc2O)cn1. The summed E-state index contributed by atoms with van der Waals surface area (Å²) in [4.78, 5) is 24.9. The highest BCUT2D eigenvalue weighted by Crippen LogP contribution is 2.20. The molecule has 27 heavy (non-hydrogen) atoms. The van der Waals surface area contributed by atoms with Gasteiger partial charge in [0.1, 0.15) is 11.5 Å². The summed E-state index contributed by atoms with van der Waals surface area (Å²) in [5, 5.41) is 22.5. The first-order valence-corrected chi connectivity index (χ1v) is 8.08. The number of hydrogen-bond donors (Lipinski definition) is 1. The lowest BCUT2D eigenvalue weighted by Crippen LogP contribution is -2.29. The first-order valence-electron chi connectivity index (χ1n) is 8.08. The molecule has 0 amide bonds. The number of para-hydroxylation sites is 1. The number of nitrogens with zero attached hydrogens (tertiary/aromatic N) is 3. The predicted octanol–water partition coefficient (Wildman–Crippen LogP) is 2.80. The Bertz CT molecular complexity index is 1030. The average Bonchev–Trinajstić information content (AvgIpc) is 3.18. The molecule has 0 aliphatic heterocycles. The molecule has 1 atom stereocenters. The van der Waals surface area contributed by atoms with Crippen LogP contribution in [-0.2, 0) is 0 Å². The van der Waals surface area contributed by atoms with Crippen molar-refractivity contribution < 1.29 is 19.4 Å². The lowest BCUT2D eigenvalue weighted by Gasteiger charge is -2.13. The number of ketones is 1. The fraction of sp³-hybridized carbons (Fsp3) is 0.100. The Kier molecular flexibility index (Phi) is 4.99. The third-order valence-corrected chi connectivity index (χ3v) is 3.86. The van der Waals surface area contributed by atoms with E-state index in [1.165, 1.54) is 24.5 Å². The van der Waals surface area contributed by atoms with Gasteiger partial charge >= 0.3 is 0 Å². The van der Waals surface area contributed by atoms with E-state index in [2.05, 4.69) is 5.10 Å². The maximum atomic E-state index is 12.5. The van der Waals surface area contributed by atoms with Crippen molar-refractivity contribution in [3.8, 4) is 17.6 Å². The summed E-state index contributed by atoms with van der Waals surface area (Å²) < 4.78 is 6.59. The zero-order valence-corrected chi connectivity index (χ0v) is 14.4. The van der Waals surface area contributed by atoms with Crippen LogP contribution in [0, 0.1) is 11.3 Å². The summed E-state index contributed by atoms with van der Waals surface area (Å²) in [6, 6.07) is 14.5. The summed E-state index contributed by atoms with van der Waals surface area (Å²) in [5.74, 6) is -0.602. The van der Waals surface area contributed by atoms with Crippen molar-refractivity contribution in [2.45, 2.75) is 13.0 Å². The van der Waals surface area contributed by atoms with Gasteiger partial charge in [0, 0.05) is 6.20 Å². The number of carbonyl (C=O) groups excluding carboxylic acids is 2. The molecular formula is C20H15N3O4. The Labute approximate surface area is 155 Å². The highest BCUT2D eigenvalue weighted by molar-refractivity contribution is 6.10. The zero-order chi connectivity index (χ0) is 19.4. The molecule has 0 spiro atoms. The minimum atomic E-state index is -0.856. The van der Waals surface area contributed by atoms with Crippen LogP contribution >= 0.6 is 0 Å². The number of rotatable bonds is 5. The highest BCUT2D eigenvalue weighted by Gasteiger charge is 2.21. The lowest BCUT2D eigenvalue weighted by molar-refractivity contribution is 0.0710. The number of ether oxygens (including phenoxy) is 1. The number of aromatic nitrogens is 2. The standard InChI is InChI=1S/C20H15N3O4/c1-13(27-16-8-6-14(10-21)7-9-16)20(26)23-12-15(11-22-23)19(25)17-4-2-3-5-18(17)24/h2-9,11-13,24H,1H3/t13-/m1/s1. The first kappa shape index (κ1) is 17.9. The second-order valence-electron chi connectivity index (χ2n) is 5.75. The van der Waals surface area contributed by atoms with Gasteiger partial charge in [-0.25, -0.2) is 4.68 Å². The van der Waals surface area contributed by atoms with E-state index in [0.717, 1.165) is 4.68 Å². The van der Waals surface area contributed by atoms with Crippen molar-refractivity contribution in [3.05, 3.63) is 77.6 Å². The van der Waals surface area contributed by atoms with Crippen LogP contribution in [-0.4, -0.2) is 32.7 Å². The van der Waals surface area contributed by atoms with Crippen LogP contribution in [0.3, 0.4) is 0 Å². The van der Waals surface area contributed by atoms with Gasteiger partial charge < -0.3 is 9.84 Å². The van der Waals surface area contributed by atoms with E-state index in [0.29, 0.717) is 11.3 Å². The van der Waals surface area contributed by atoms with Gasteiger partial charge in [-0.05, 0) is 43.3 Å². The first-order chi connectivity index (χ1) is 13.0. The second kappa shape index (κ2) is 7.54. The molecule has 0 aliphatic carbocycles. The molecular weight excluding hydrogens is 346 g/mol. The smallest absolute Gasteiger partial charge is 0.287 e. The Morgan fingerprint density at radius 1 is 1.19 bits per heavy atom. The summed E-state index contributed by atoms with van der Waals surface area (Å²) in [5.41, 5.74) is 0.794. The number of phenolic OH excluding ortho intramolecular Hbond substituents is 1. The molecule has 7 heteroatoms. The van der Waals surface area contributed by atoms with Crippen molar-refractivity contribution in [1.29, 1.82) is 5.26 Å². The lowest BCUT2D eigenvalue weighted by atomic mass is 10.1. The van der Waals surface area contributed by atoms with Gasteiger partial charge in [0.2, 0.25) is 0 Å². The fourth-order valence-corrected chi connectivity index (χ4v) is 2.43. The van der Waals surface area contributed by atoms with E-state index in [9.17, 15) is 14.7 Å². The van der Waals surface area contributed by atoms with Gasteiger partial charge in [0.25, 0.3) is 5.91 Å². The molecule has 3 aromatic rings. The Morgan fingerprint density at radius 2 is 1.89 bits per heavy atom. The number of benzene rings is 2. The van der Waals surface area contributed by atoms with Crippen LogP contribution in [0.4, 0.5) is 0 Å². The molecule has 0 saturated heterocycles. The minimum absolute atomic E-state index is 0.131. The van der Waals surface area contributed by atoms with E-state index in [1.54, 1.807) is 43.3 Å². The molecule has 0 saturated carbocycles. The number of phenols is 1. The van der Waals surface area contributed by atoms with Crippen molar-refractivity contribution in [3.63, 3.8) is 0 Å². The monoisotopic (exact) mass is 361 g/mol. The molecule has 2 aromatic carbocycles. The van der Waals surface area contributed by atoms with E-state index in [1.807, 2.05) is 6.07 Å². The molecule has 134 valence electrons. The zero-order valence-electron chi connectivity index (χ0n) is 14.4. The molecule has 1 aromatic heterocycles. The van der Waals surface area contributed by atoms with Gasteiger partial charge in [0.15, 0.2) is 11.9 Å². The van der Waals surface area contributed by atoms with Crippen molar-refractivity contribution in [2.24, 2.45) is 0 Å². The average molecular weight is 361 g/mol. The van der Waals surface area contributed by atoms with Crippen molar-refractivity contribution >= 4 is 11.7 Å². The van der Waals surface area contributed by atoms with Crippen LogP contribution < -0.4 is 4.74 Å². The van der Waals surface area contributed by atoms with E-state index in [4.69, 9.17) is 10.00 Å². The number of carbonyl (C=O) groups is 2. The summed E-state index contributed by atoms with van der Waals surface area (Å²) in [7, 11) is 0. The van der Waals surface area contributed by atoms with Crippen LogP contribution in [0.1, 0.15) is 33.2 Å². The van der Waals surface area contributed by atoms with E-state index in [-0.39, 0.29) is 16.9 Å². The quantitative estimate of drug-likeness (QED) is 0.701. The van der Waals surface area contributed by atoms with Gasteiger partial charge in [-0.15, -0.1) is 0 Å². The normalized spacial score (nSPS) is 11.4. The molecule has 0 aliphatic rings. The second-order valence-corrected chi connectivity index (χ2v) is 5.75. The van der Waals surface area contributed by atoms with Crippen molar-refractivity contribution in [2.75, 3.05) is 0 Å². The third-order valence-electron chi connectivity index (χ3n) is 3.86. The predicted molar refractivity (Wildman–Crippen MR) is 95.6 cm³/mol. The van der Waals surface area contributed by atoms with Gasteiger partial charge in [-0.2, -0.15) is 10.4 Å². The fourth-order valence-electron chi connectivity index (χ4n) is 2.43. The Hall–Kier alpha value is -3.92. The highest BCUT2D eigenvalue weighted by atomic mass is 16.5. The molecule has 1 heterocycles. The van der Waals surface area contributed by atoms with Crippen LogP contribution in [0.15, 0.2) is 60.9 Å². The van der Waals surface area contributed by atoms with Crippen molar-refractivity contribution in [1.82, 2.24) is 9.78 Å². The molecule has 0 radical (unpaired) electrons. The third kappa shape index (κ3) is 3.85. The Morgan fingerprint density at radius 3 is 2.56 bits per heavy atom.